The Morgan fingerprint density at radius 1 is 0.909 bits per heavy atom. The summed E-state index contributed by atoms with van der Waals surface area (Å²) in [5, 5.41) is 0. The zero-order valence-corrected chi connectivity index (χ0v) is 5.50. The number of rotatable bonds is 0. The van der Waals surface area contributed by atoms with Gasteiger partial charge in [-0.25, -0.2) is 0 Å². The molecule has 0 aliphatic heterocycles. The van der Waals surface area contributed by atoms with Crippen LogP contribution in [0.2, 0.25) is 0 Å². The summed E-state index contributed by atoms with van der Waals surface area (Å²) in [4.78, 5) is 0. The molecule has 0 spiro atoms. The second kappa shape index (κ2) is 2.69. The summed E-state index contributed by atoms with van der Waals surface area (Å²) in [5.41, 5.74) is -6.66. The first-order valence-corrected chi connectivity index (χ1v) is 2.75. The van der Waals surface area contributed by atoms with E-state index in [-0.39, 0.29) is 0 Å². The van der Waals surface area contributed by atoms with Crippen LogP contribution in [-0.2, 0) is 0 Å². The second-order valence-electron chi connectivity index (χ2n) is 2.00. The normalized spacial score (nSPS) is 37.5. The van der Waals surface area contributed by atoms with Gasteiger partial charge in [0.1, 0.15) is 0 Å². The standard InChI is InChI=1S/C11H16/c1-7-6-8(2)10(4)11(5)9(7)3/h6H,1-5H3/i1D3,2D3,3D3,4D3,5D3,6D. The van der Waals surface area contributed by atoms with Crippen molar-refractivity contribution < 1.29 is 21.9 Å². The molecule has 11 heavy (non-hydrogen) atoms. The lowest BCUT2D eigenvalue weighted by Gasteiger charge is -2.10. The fraction of sp³-hybridized carbons (Fsp3) is 0.455. The summed E-state index contributed by atoms with van der Waals surface area (Å²) in [6.45, 7) is -17.0. The topological polar surface area (TPSA) is 0 Å². The summed E-state index contributed by atoms with van der Waals surface area (Å²) < 4.78 is 121. The van der Waals surface area contributed by atoms with Crippen LogP contribution in [0.25, 0.3) is 0 Å². The summed E-state index contributed by atoms with van der Waals surface area (Å²) in [6.07, 6.45) is 0. The molecule has 0 heteroatoms. The Morgan fingerprint density at radius 3 is 1.82 bits per heavy atom. The Hall–Kier alpha value is -0.780. The van der Waals surface area contributed by atoms with Gasteiger partial charge in [0.25, 0.3) is 0 Å². The van der Waals surface area contributed by atoms with E-state index in [0.29, 0.717) is 0 Å². The first kappa shape index (κ1) is 1.26. The van der Waals surface area contributed by atoms with Gasteiger partial charge in [-0.05, 0) is 62.1 Å². The van der Waals surface area contributed by atoms with E-state index in [4.69, 9.17) is 21.9 Å². The van der Waals surface area contributed by atoms with Gasteiger partial charge in [0, 0.05) is 20.6 Å². The quantitative estimate of drug-likeness (QED) is 0.552. The molecule has 0 aliphatic carbocycles. The Morgan fingerprint density at radius 2 is 1.45 bits per heavy atom. The smallest absolute Gasteiger partial charge is 0.0558 e. The van der Waals surface area contributed by atoms with Gasteiger partial charge in [-0.1, -0.05) is 6.04 Å². The Kier molecular flexibility index (Phi) is 0.309. The highest BCUT2D eigenvalue weighted by Crippen LogP contribution is 2.19. The van der Waals surface area contributed by atoms with E-state index in [2.05, 4.69) is 0 Å². The largest absolute Gasteiger partial charge is 0.0629 e. The van der Waals surface area contributed by atoms with E-state index < -0.39 is 68.1 Å². The fourth-order valence-corrected chi connectivity index (χ4v) is 0.625. The predicted octanol–water partition coefficient (Wildman–Crippen LogP) is 3.23. The van der Waals surface area contributed by atoms with E-state index in [0.717, 1.165) is 0 Å². The van der Waals surface area contributed by atoms with Crippen molar-refractivity contribution in [3.05, 3.63) is 33.9 Å². The highest BCUT2D eigenvalue weighted by molar-refractivity contribution is 5.42. The molecule has 0 fully saturated rings. The average molecular weight is 164 g/mol. The molecule has 0 saturated carbocycles. The maximum Gasteiger partial charge on any atom is 0.0629 e. The molecule has 60 valence electrons. The second-order valence-corrected chi connectivity index (χ2v) is 2.00. The van der Waals surface area contributed by atoms with Crippen LogP contribution in [0.3, 0.4) is 0 Å². The average Bonchev–Trinajstić information content (AvgIpc) is 2.29. The van der Waals surface area contributed by atoms with Gasteiger partial charge in [-0.2, -0.15) is 0 Å². The van der Waals surface area contributed by atoms with Crippen LogP contribution in [0.1, 0.15) is 49.7 Å². The molecule has 0 saturated heterocycles. The first-order chi connectivity index (χ1) is 11.5. The Bertz CT molecular complexity index is 667. The van der Waals surface area contributed by atoms with Gasteiger partial charge in [-0.15, -0.1) is 0 Å². The van der Waals surface area contributed by atoms with Crippen LogP contribution in [0.5, 0.6) is 0 Å². The fourth-order valence-electron chi connectivity index (χ4n) is 0.625. The van der Waals surface area contributed by atoms with Gasteiger partial charge < -0.3 is 0 Å². The maximum atomic E-state index is 8.00. The van der Waals surface area contributed by atoms with E-state index in [1.165, 1.54) is 0 Å². The van der Waals surface area contributed by atoms with Crippen LogP contribution in [0.15, 0.2) is 6.04 Å². The predicted molar refractivity (Wildman–Crippen MR) is 50.1 cm³/mol. The van der Waals surface area contributed by atoms with Crippen LogP contribution in [0, 0.1) is 34.3 Å². The lowest BCUT2D eigenvalue weighted by molar-refractivity contribution is 1.18. The van der Waals surface area contributed by atoms with Crippen LogP contribution in [-0.4, -0.2) is 0 Å². The highest BCUT2D eigenvalue weighted by atomic mass is 14.1. The Labute approximate surface area is 91.7 Å². The molecule has 0 nitrogen and oxygen atoms in total. The van der Waals surface area contributed by atoms with Gasteiger partial charge in [0.05, 0.1) is 1.37 Å². The molecule has 0 aliphatic rings. The zero-order chi connectivity index (χ0) is 22.0. The van der Waals surface area contributed by atoms with Gasteiger partial charge in [0.15, 0.2) is 0 Å². The van der Waals surface area contributed by atoms with E-state index in [1.54, 1.807) is 0 Å². The molecule has 0 heterocycles. The summed E-state index contributed by atoms with van der Waals surface area (Å²) in [7, 11) is 0. The molecule has 0 amide bonds. The van der Waals surface area contributed by atoms with E-state index >= 15 is 0 Å². The maximum absolute atomic E-state index is 8.00. The van der Waals surface area contributed by atoms with Gasteiger partial charge >= 0.3 is 0 Å². The minimum absolute atomic E-state index is 1.30. The monoisotopic (exact) mass is 164 g/mol. The van der Waals surface area contributed by atoms with Crippen molar-refractivity contribution in [2.75, 3.05) is 0 Å². The van der Waals surface area contributed by atoms with Crippen molar-refractivity contribution >= 4 is 0 Å². The van der Waals surface area contributed by atoms with Crippen molar-refractivity contribution in [2.24, 2.45) is 0 Å². The lowest BCUT2D eigenvalue weighted by atomic mass is 9.96. The molecular weight excluding hydrogens is 132 g/mol. The minimum atomic E-state index is -3.46. The van der Waals surface area contributed by atoms with Crippen molar-refractivity contribution in [3.8, 4) is 0 Å². The van der Waals surface area contributed by atoms with Gasteiger partial charge in [0.2, 0.25) is 0 Å². The number of hydrogen-bond acceptors (Lipinski definition) is 0. The van der Waals surface area contributed by atoms with Crippen molar-refractivity contribution in [2.45, 2.75) is 34.3 Å². The molecule has 0 unspecified atom stereocenters. The Balaban J connectivity index is 4.58. The third kappa shape index (κ3) is 1.30. The third-order valence-corrected chi connectivity index (χ3v) is 1.25. The van der Waals surface area contributed by atoms with Crippen LogP contribution in [0.4, 0.5) is 0 Å². The molecule has 0 atom stereocenters. The third-order valence-electron chi connectivity index (χ3n) is 1.25. The molecule has 1 aromatic carbocycles. The molecule has 1 aromatic rings. The van der Waals surface area contributed by atoms with Crippen molar-refractivity contribution in [3.63, 3.8) is 0 Å². The molecule has 0 radical (unpaired) electrons. The van der Waals surface area contributed by atoms with Crippen molar-refractivity contribution in [1.82, 2.24) is 0 Å². The molecular formula is C11H16. The lowest BCUT2D eigenvalue weighted by Crippen LogP contribution is -1.93. The minimum Gasteiger partial charge on any atom is -0.0558 e. The first-order valence-electron chi connectivity index (χ1n) is 10.8. The van der Waals surface area contributed by atoms with Gasteiger partial charge in [-0.3, -0.25) is 0 Å². The molecule has 0 N–H and O–H groups in total. The molecule has 0 aromatic heterocycles. The molecule has 0 bridgehead atoms. The van der Waals surface area contributed by atoms with E-state index in [1.807, 2.05) is 0 Å². The zero-order valence-electron chi connectivity index (χ0n) is 21.5. The van der Waals surface area contributed by atoms with E-state index in [9.17, 15) is 0 Å². The number of benzene rings is 1. The SMILES string of the molecule is [2H]c1c(C([2H])([2H])[2H])c(C([2H])([2H])[2H])c(C([2H])([2H])[2H])c(C([2H])([2H])[2H])c1C([2H])([2H])[2H]. The molecule has 1 rings (SSSR count). The van der Waals surface area contributed by atoms with Crippen LogP contribution >= 0.6 is 0 Å². The summed E-state index contributed by atoms with van der Waals surface area (Å²) in [6, 6.07) is -1.33. The highest BCUT2D eigenvalue weighted by Gasteiger charge is 2.02. The summed E-state index contributed by atoms with van der Waals surface area (Å²) >= 11 is 0. The van der Waals surface area contributed by atoms with Crippen LogP contribution < -0.4 is 0 Å². The number of hydrogen-bond donors (Lipinski definition) is 0. The van der Waals surface area contributed by atoms with Crippen molar-refractivity contribution in [1.29, 1.82) is 0 Å². The summed E-state index contributed by atoms with van der Waals surface area (Å²) in [5.74, 6) is 0.